The summed E-state index contributed by atoms with van der Waals surface area (Å²) in [5, 5.41) is 18.7. The molecule has 2 N–H and O–H groups in total. The zero-order valence-electron chi connectivity index (χ0n) is 22.4. The number of aromatic carboxylic acids is 1. The van der Waals surface area contributed by atoms with Crippen LogP contribution in [0.1, 0.15) is 67.0 Å². The molecule has 0 spiro atoms. The van der Waals surface area contributed by atoms with E-state index in [1.807, 2.05) is 41.3 Å². The molecule has 1 aromatic heterocycles. The molecule has 0 unspecified atom stereocenters. The summed E-state index contributed by atoms with van der Waals surface area (Å²) in [4.78, 5) is 39.0. The van der Waals surface area contributed by atoms with Crippen molar-refractivity contribution in [2.45, 2.75) is 53.0 Å². The third kappa shape index (κ3) is 6.45. The van der Waals surface area contributed by atoms with Gasteiger partial charge < -0.3 is 19.8 Å². The van der Waals surface area contributed by atoms with E-state index in [1.54, 1.807) is 18.2 Å². The number of carbonyl (C=O) groups is 3. The molecule has 206 valence electrons. The Morgan fingerprint density at radius 2 is 1.64 bits per heavy atom. The van der Waals surface area contributed by atoms with E-state index >= 15 is 0 Å². The van der Waals surface area contributed by atoms with Crippen LogP contribution in [0, 0.1) is 10.8 Å². The molecule has 39 heavy (non-hydrogen) atoms. The van der Waals surface area contributed by atoms with E-state index in [1.165, 1.54) is 0 Å². The first-order valence-electron chi connectivity index (χ1n) is 12.7. The highest BCUT2D eigenvalue weighted by atomic mass is 35.5. The van der Waals surface area contributed by atoms with Crippen LogP contribution in [0.5, 0.6) is 5.75 Å². The number of aliphatic carboxylic acids is 1. The molecule has 0 saturated heterocycles. The van der Waals surface area contributed by atoms with Gasteiger partial charge in [0.1, 0.15) is 5.02 Å². The lowest BCUT2D eigenvalue weighted by molar-refractivity contribution is -0.139. The molecule has 1 heterocycles. The number of anilines is 1. The fourth-order valence-corrected chi connectivity index (χ4v) is 7.37. The molecular weight excluding hydrogens is 538 g/mol. The second-order valence-electron chi connectivity index (χ2n) is 11.5. The maximum atomic E-state index is 14.0. The molecule has 1 amide bonds. The van der Waals surface area contributed by atoms with E-state index in [-0.39, 0.29) is 38.4 Å². The van der Waals surface area contributed by atoms with Crippen LogP contribution in [0.25, 0.3) is 10.4 Å². The summed E-state index contributed by atoms with van der Waals surface area (Å²) in [7, 11) is 0. The molecule has 0 radical (unpaired) electrons. The van der Waals surface area contributed by atoms with Crippen molar-refractivity contribution in [2.24, 2.45) is 10.8 Å². The molecule has 1 saturated carbocycles. The van der Waals surface area contributed by atoms with Gasteiger partial charge in [-0.25, -0.2) is 9.59 Å². The largest absolute Gasteiger partial charge is 0.479 e. The first-order valence-corrected chi connectivity index (χ1v) is 13.9. The van der Waals surface area contributed by atoms with Crippen LogP contribution in [-0.2, 0) is 4.79 Å². The highest BCUT2D eigenvalue weighted by Gasteiger charge is 2.42. The van der Waals surface area contributed by atoms with Crippen LogP contribution in [0.15, 0.2) is 54.6 Å². The van der Waals surface area contributed by atoms with Crippen molar-refractivity contribution in [3.63, 3.8) is 0 Å². The van der Waals surface area contributed by atoms with Crippen molar-refractivity contribution in [3.05, 3.63) is 70.1 Å². The van der Waals surface area contributed by atoms with Crippen LogP contribution in [-0.4, -0.2) is 40.7 Å². The summed E-state index contributed by atoms with van der Waals surface area (Å²) >= 11 is 7.46. The van der Waals surface area contributed by atoms with Gasteiger partial charge in [0, 0.05) is 17.3 Å². The standard InChI is InChI=1S/C30H32ClNO6S/c1-29(2)14-21(15-30(3,4)17-29)32(27(35)18-9-6-5-7-10-18)20-12-8-11-19(13-20)25-23(31)24(38-16-22(33)34)26(39-25)28(36)37/h5-13,21H,14-17H2,1-4H3,(H,33,34)(H,36,37). The van der Waals surface area contributed by atoms with Gasteiger partial charge in [0.05, 0.1) is 4.88 Å². The van der Waals surface area contributed by atoms with Crippen molar-refractivity contribution in [1.82, 2.24) is 0 Å². The van der Waals surface area contributed by atoms with E-state index < -0.39 is 18.5 Å². The fraction of sp³-hybridized carbons (Fsp3) is 0.367. The maximum absolute atomic E-state index is 14.0. The molecule has 0 atom stereocenters. The van der Waals surface area contributed by atoms with E-state index in [0.29, 0.717) is 21.7 Å². The van der Waals surface area contributed by atoms with Gasteiger partial charge >= 0.3 is 11.9 Å². The Morgan fingerprint density at radius 1 is 1.00 bits per heavy atom. The van der Waals surface area contributed by atoms with Crippen molar-refractivity contribution < 1.29 is 29.3 Å². The quantitative estimate of drug-likeness (QED) is 0.291. The van der Waals surface area contributed by atoms with Crippen LogP contribution >= 0.6 is 22.9 Å². The molecule has 1 aliphatic rings. The predicted molar refractivity (Wildman–Crippen MR) is 153 cm³/mol. The van der Waals surface area contributed by atoms with Gasteiger partial charge in [-0.05, 0) is 59.9 Å². The Bertz CT molecular complexity index is 1380. The van der Waals surface area contributed by atoms with Gasteiger partial charge in [-0.3, -0.25) is 4.79 Å². The molecule has 3 aromatic rings. The van der Waals surface area contributed by atoms with Crippen molar-refractivity contribution in [2.75, 3.05) is 11.5 Å². The minimum absolute atomic E-state index is 0.0247. The smallest absolute Gasteiger partial charge is 0.349 e. The molecular formula is C30H32ClNO6S. The number of thiophene rings is 1. The van der Waals surface area contributed by atoms with E-state index in [4.69, 9.17) is 21.4 Å². The predicted octanol–water partition coefficient (Wildman–Crippen LogP) is 7.48. The van der Waals surface area contributed by atoms with Gasteiger partial charge in [0.25, 0.3) is 5.91 Å². The normalized spacial score (nSPS) is 16.4. The monoisotopic (exact) mass is 569 g/mol. The minimum atomic E-state index is -1.27. The molecule has 0 bridgehead atoms. The molecule has 0 aliphatic heterocycles. The van der Waals surface area contributed by atoms with E-state index in [0.717, 1.165) is 30.6 Å². The van der Waals surface area contributed by atoms with Crippen LogP contribution in [0.2, 0.25) is 5.02 Å². The molecule has 2 aromatic carbocycles. The first kappa shape index (κ1) is 28.6. The lowest BCUT2D eigenvalue weighted by Crippen LogP contribution is -2.49. The number of hydrogen-bond donors (Lipinski definition) is 2. The Kier molecular flexibility index (Phi) is 8.09. The highest BCUT2D eigenvalue weighted by Crippen LogP contribution is 2.49. The number of carboxylic acids is 2. The second-order valence-corrected chi connectivity index (χ2v) is 12.9. The zero-order chi connectivity index (χ0) is 28.5. The molecule has 9 heteroatoms. The third-order valence-corrected chi connectivity index (χ3v) is 8.55. The van der Waals surface area contributed by atoms with Gasteiger partial charge in [-0.15, -0.1) is 11.3 Å². The number of benzene rings is 2. The lowest BCUT2D eigenvalue weighted by Gasteiger charge is -2.48. The van der Waals surface area contributed by atoms with Gasteiger partial charge in [0.15, 0.2) is 17.2 Å². The summed E-state index contributed by atoms with van der Waals surface area (Å²) in [5.41, 5.74) is 1.92. The number of rotatable bonds is 8. The number of carboxylic acid groups (broad SMARTS) is 2. The second kappa shape index (κ2) is 11.0. The van der Waals surface area contributed by atoms with Crippen molar-refractivity contribution in [1.29, 1.82) is 0 Å². The highest BCUT2D eigenvalue weighted by molar-refractivity contribution is 7.18. The maximum Gasteiger partial charge on any atom is 0.349 e. The summed E-state index contributed by atoms with van der Waals surface area (Å²) in [5.74, 6) is -2.80. The van der Waals surface area contributed by atoms with E-state index in [9.17, 15) is 19.5 Å². The number of hydrogen-bond acceptors (Lipinski definition) is 5. The number of ether oxygens (including phenoxy) is 1. The van der Waals surface area contributed by atoms with Crippen molar-refractivity contribution >= 4 is 46.5 Å². The van der Waals surface area contributed by atoms with Crippen molar-refractivity contribution in [3.8, 4) is 16.2 Å². The lowest BCUT2D eigenvalue weighted by atomic mass is 9.63. The summed E-state index contributed by atoms with van der Waals surface area (Å²) in [6.45, 7) is 8.23. The average molecular weight is 570 g/mol. The molecule has 7 nitrogen and oxygen atoms in total. The summed E-state index contributed by atoms with van der Waals surface area (Å²) in [6.07, 6.45) is 2.70. The SMILES string of the molecule is CC1(C)CC(N(C(=O)c2ccccc2)c2cccc(-c3sc(C(=O)O)c(OCC(=O)O)c3Cl)c2)CC(C)(C)C1. The number of nitrogens with zero attached hydrogens (tertiary/aromatic N) is 1. The first-order chi connectivity index (χ1) is 18.3. The zero-order valence-corrected chi connectivity index (χ0v) is 23.9. The van der Waals surface area contributed by atoms with E-state index in [2.05, 4.69) is 27.7 Å². The molecule has 4 rings (SSSR count). The van der Waals surface area contributed by atoms with Gasteiger partial charge in [-0.2, -0.15) is 0 Å². The van der Waals surface area contributed by atoms with Crippen LogP contribution in [0.4, 0.5) is 5.69 Å². The summed E-state index contributed by atoms with van der Waals surface area (Å²) in [6, 6.07) is 16.4. The molecule has 1 fully saturated rings. The summed E-state index contributed by atoms with van der Waals surface area (Å²) < 4.78 is 5.24. The Labute approximate surface area is 237 Å². The van der Waals surface area contributed by atoms with Crippen LogP contribution < -0.4 is 9.64 Å². The Morgan fingerprint density at radius 3 is 2.23 bits per heavy atom. The number of carbonyl (C=O) groups excluding carboxylic acids is 1. The van der Waals surface area contributed by atoms with Gasteiger partial charge in [-0.1, -0.05) is 69.6 Å². The fourth-order valence-electron chi connectivity index (χ4n) is 5.97. The van der Waals surface area contributed by atoms with Gasteiger partial charge in [0.2, 0.25) is 0 Å². The molecule has 1 aliphatic carbocycles. The minimum Gasteiger partial charge on any atom is -0.479 e. The topological polar surface area (TPSA) is 104 Å². The van der Waals surface area contributed by atoms with Crippen LogP contribution in [0.3, 0.4) is 0 Å². The number of amides is 1. The average Bonchev–Trinajstić information content (AvgIpc) is 3.18. The number of halogens is 1. The third-order valence-electron chi connectivity index (χ3n) is 6.87. The Hall–Kier alpha value is -3.36. The Balaban J connectivity index is 1.81.